The number of aliphatic hydroxyl groups is 1. The summed E-state index contributed by atoms with van der Waals surface area (Å²) < 4.78 is 1.26. The van der Waals surface area contributed by atoms with Gasteiger partial charge in [0.15, 0.2) is 5.16 Å². The van der Waals surface area contributed by atoms with E-state index in [9.17, 15) is 24.8 Å². The van der Waals surface area contributed by atoms with E-state index in [1.807, 2.05) is 0 Å². The van der Waals surface area contributed by atoms with Crippen molar-refractivity contribution in [1.29, 1.82) is 0 Å². The minimum Gasteiger partial charge on any atom is -0.392 e. The van der Waals surface area contributed by atoms with Crippen molar-refractivity contribution in [2.24, 2.45) is 7.05 Å². The van der Waals surface area contributed by atoms with E-state index in [0.717, 1.165) is 11.8 Å². The Morgan fingerprint density at radius 3 is 2.81 bits per heavy atom. The van der Waals surface area contributed by atoms with Gasteiger partial charge >= 0.3 is 11.1 Å². The number of hydrogen-bond donors (Lipinski definition) is 2. The molecule has 0 spiro atoms. The number of aliphatic hydroxyl groups excluding tert-OH is 1. The van der Waals surface area contributed by atoms with Crippen LogP contribution in [0.15, 0.2) is 37.8 Å². The SMILES string of the molecule is Cn1[nH]c(=O)c(=O)nc1Sc1ccc([N+](=O)[O-])cc1CO. The van der Waals surface area contributed by atoms with Crippen molar-refractivity contribution < 1.29 is 10.0 Å². The first kappa shape index (κ1) is 14.9. The molecule has 0 unspecified atom stereocenters. The molecule has 1 heterocycles. The fourth-order valence-corrected chi connectivity index (χ4v) is 2.45. The highest BCUT2D eigenvalue weighted by atomic mass is 32.2. The highest BCUT2D eigenvalue weighted by Crippen LogP contribution is 2.30. The summed E-state index contributed by atoms with van der Waals surface area (Å²) in [5.41, 5.74) is -1.59. The van der Waals surface area contributed by atoms with E-state index >= 15 is 0 Å². The summed E-state index contributed by atoms with van der Waals surface area (Å²) in [7, 11) is 1.50. The lowest BCUT2D eigenvalue weighted by Gasteiger charge is -2.08. The van der Waals surface area contributed by atoms with Crippen LogP contribution in [0.1, 0.15) is 5.56 Å². The van der Waals surface area contributed by atoms with Crippen LogP contribution in [0.5, 0.6) is 0 Å². The summed E-state index contributed by atoms with van der Waals surface area (Å²) in [4.78, 5) is 36.6. The second kappa shape index (κ2) is 5.89. The molecule has 1 aromatic heterocycles. The lowest BCUT2D eigenvalue weighted by atomic mass is 10.2. The van der Waals surface area contributed by atoms with Gasteiger partial charge in [0.05, 0.1) is 11.5 Å². The van der Waals surface area contributed by atoms with Crippen molar-refractivity contribution in [2.45, 2.75) is 16.7 Å². The van der Waals surface area contributed by atoms with Crippen LogP contribution in [0.4, 0.5) is 5.69 Å². The molecule has 0 aliphatic carbocycles. The zero-order valence-corrected chi connectivity index (χ0v) is 11.6. The van der Waals surface area contributed by atoms with Crippen LogP contribution in [0.3, 0.4) is 0 Å². The van der Waals surface area contributed by atoms with Gasteiger partial charge in [0.1, 0.15) is 0 Å². The number of nitrogens with one attached hydrogen (secondary N) is 1. The Morgan fingerprint density at radius 2 is 2.19 bits per heavy atom. The molecule has 0 aliphatic heterocycles. The number of nitro benzene ring substituents is 1. The molecule has 9 nitrogen and oxygen atoms in total. The molecule has 2 aromatic rings. The largest absolute Gasteiger partial charge is 0.392 e. The molecule has 0 bridgehead atoms. The van der Waals surface area contributed by atoms with E-state index in [-0.39, 0.29) is 10.8 Å². The third-order valence-corrected chi connectivity index (χ3v) is 3.74. The van der Waals surface area contributed by atoms with Crippen LogP contribution in [-0.4, -0.2) is 24.8 Å². The van der Waals surface area contributed by atoms with Crippen molar-refractivity contribution in [3.63, 3.8) is 0 Å². The summed E-state index contributed by atoms with van der Waals surface area (Å²) in [5.74, 6) is 0. The average molecular weight is 310 g/mol. The minimum atomic E-state index is -0.928. The Labute approximate surface area is 121 Å². The average Bonchev–Trinajstić information content (AvgIpc) is 2.44. The van der Waals surface area contributed by atoms with Crippen LogP contribution in [0.2, 0.25) is 0 Å². The van der Waals surface area contributed by atoms with Crippen LogP contribution in [0, 0.1) is 10.1 Å². The second-order valence-corrected chi connectivity index (χ2v) is 5.02. The van der Waals surface area contributed by atoms with Gasteiger partial charge in [-0.2, -0.15) is 4.98 Å². The van der Waals surface area contributed by atoms with E-state index in [2.05, 4.69) is 10.1 Å². The van der Waals surface area contributed by atoms with Gasteiger partial charge in [0.2, 0.25) is 0 Å². The fourth-order valence-electron chi connectivity index (χ4n) is 1.55. The number of H-pyrrole nitrogens is 1. The Hall–Kier alpha value is -2.46. The number of hydrogen-bond acceptors (Lipinski definition) is 7. The molecule has 10 heteroatoms. The molecule has 0 radical (unpaired) electrons. The summed E-state index contributed by atoms with van der Waals surface area (Å²) in [6.07, 6.45) is 0. The van der Waals surface area contributed by atoms with E-state index in [0.29, 0.717) is 10.5 Å². The molecule has 21 heavy (non-hydrogen) atoms. The summed E-state index contributed by atoms with van der Waals surface area (Å²) in [5, 5.41) is 22.5. The molecule has 0 aliphatic rings. The third kappa shape index (κ3) is 3.17. The number of nitro groups is 1. The van der Waals surface area contributed by atoms with Crippen molar-refractivity contribution in [1.82, 2.24) is 14.8 Å². The molecule has 0 saturated carbocycles. The Morgan fingerprint density at radius 1 is 1.48 bits per heavy atom. The third-order valence-electron chi connectivity index (χ3n) is 2.57. The maximum atomic E-state index is 11.3. The van der Waals surface area contributed by atoms with E-state index in [4.69, 9.17) is 0 Å². The lowest BCUT2D eigenvalue weighted by molar-refractivity contribution is -0.385. The maximum Gasteiger partial charge on any atom is 0.339 e. The molecular weight excluding hydrogens is 300 g/mol. The van der Waals surface area contributed by atoms with Gasteiger partial charge < -0.3 is 5.11 Å². The molecule has 0 fully saturated rings. The molecule has 0 saturated heterocycles. The zero-order valence-electron chi connectivity index (χ0n) is 10.8. The Kier molecular flexibility index (Phi) is 4.19. The van der Waals surface area contributed by atoms with Crippen molar-refractivity contribution >= 4 is 17.4 Å². The number of aromatic nitrogens is 3. The van der Waals surface area contributed by atoms with Gasteiger partial charge in [-0.05, 0) is 23.4 Å². The maximum absolute atomic E-state index is 11.3. The van der Waals surface area contributed by atoms with Crippen LogP contribution in [0.25, 0.3) is 0 Å². The number of rotatable bonds is 4. The molecule has 2 rings (SSSR count). The summed E-state index contributed by atoms with van der Waals surface area (Å²) in [6, 6.07) is 3.98. The van der Waals surface area contributed by atoms with Gasteiger partial charge in [0.25, 0.3) is 5.69 Å². The van der Waals surface area contributed by atoms with E-state index in [1.165, 1.54) is 29.9 Å². The van der Waals surface area contributed by atoms with Crippen molar-refractivity contribution in [2.75, 3.05) is 0 Å². The number of non-ortho nitro benzene ring substituents is 1. The summed E-state index contributed by atoms with van der Waals surface area (Å²) >= 11 is 1.01. The molecule has 1 aromatic carbocycles. The number of nitrogens with zero attached hydrogens (tertiary/aromatic N) is 3. The van der Waals surface area contributed by atoms with E-state index < -0.39 is 22.6 Å². The highest BCUT2D eigenvalue weighted by molar-refractivity contribution is 7.99. The topological polar surface area (TPSA) is 131 Å². The molecule has 0 atom stereocenters. The van der Waals surface area contributed by atoms with Crippen LogP contribution >= 0.6 is 11.8 Å². The van der Waals surface area contributed by atoms with Gasteiger partial charge in [-0.25, -0.2) is 0 Å². The molecule has 110 valence electrons. The van der Waals surface area contributed by atoms with Crippen molar-refractivity contribution in [3.05, 3.63) is 54.6 Å². The van der Waals surface area contributed by atoms with E-state index in [1.54, 1.807) is 0 Å². The quantitative estimate of drug-likeness (QED) is 0.462. The van der Waals surface area contributed by atoms with Gasteiger partial charge in [-0.3, -0.25) is 29.5 Å². The standard InChI is InChI=1S/C11H10N4O5S/c1-14-11(12-9(17)10(18)13-14)21-8-3-2-7(15(19)20)4-6(8)5-16/h2-4,16H,5H2,1H3,(H,13,18). The predicted octanol–water partition coefficient (Wildman–Crippen LogP) is 0.0203. The fraction of sp³-hybridized carbons (Fsp3) is 0.182. The Balaban J connectivity index is 2.44. The van der Waals surface area contributed by atoms with Gasteiger partial charge in [0, 0.05) is 24.1 Å². The smallest absolute Gasteiger partial charge is 0.339 e. The van der Waals surface area contributed by atoms with Gasteiger partial charge in [-0.1, -0.05) is 0 Å². The van der Waals surface area contributed by atoms with Crippen LogP contribution in [-0.2, 0) is 13.7 Å². The van der Waals surface area contributed by atoms with Crippen LogP contribution < -0.4 is 11.1 Å². The Bertz CT molecular complexity index is 813. The van der Waals surface area contributed by atoms with Gasteiger partial charge in [-0.15, -0.1) is 0 Å². The first-order valence-electron chi connectivity index (χ1n) is 5.65. The first-order chi connectivity index (χ1) is 9.92. The monoisotopic (exact) mass is 310 g/mol. The highest BCUT2D eigenvalue weighted by Gasteiger charge is 2.13. The number of benzene rings is 1. The molecule has 2 N–H and O–H groups in total. The predicted molar refractivity (Wildman–Crippen MR) is 73.2 cm³/mol. The molecule has 0 amide bonds. The summed E-state index contributed by atoms with van der Waals surface area (Å²) in [6.45, 7) is -0.401. The van der Waals surface area contributed by atoms with Crippen molar-refractivity contribution in [3.8, 4) is 0 Å². The minimum absolute atomic E-state index is 0.147. The zero-order chi connectivity index (χ0) is 15.6. The lowest BCUT2D eigenvalue weighted by Crippen LogP contribution is -2.33. The second-order valence-electron chi connectivity index (χ2n) is 4.01. The number of aromatic amines is 1. The molecular formula is C11H10N4O5S. The first-order valence-corrected chi connectivity index (χ1v) is 6.47. The normalized spacial score (nSPS) is 10.6. The number of aryl methyl sites for hydroxylation is 1.